The van der Waals surface area contributed by atoms with Crippen LogP contribution < -0.4 is 0 Å². The molecule has 3 aliphatic rings. The largest absolute Gasteiger partial charge is 0.103 e. The second kappa shape index (κ2) is 8.54. The molecular formula is C23H38. The zero-order chi connectivity index (χ0) is 16.1. The van der Waals surface area contributed by atoms with Crippen LogP contribution in [-0.4, -0.2) is 0 Å². The van der Waals surface area contributed by atoms with Crippen molar-refractivity contribution in [3.8, 4) is 0 Å². The van der Waals surface area contributed by atoms with Crippen LogP contribution in [0.3, 0.4) is 0 Å². The molecule has 0 aromatic heterocycles. The van der Waals surface area contributed by atoms with Crippen molar-refractivity contribution in [1.29, 1.82) is 0 Å². The summed E-state index contributed by atoms with van der Waals surface area (Å²) >= 11 is 0. The Labute approximate surface area is 144 Å². The Bertz CT molecular complexity index is 369. The Morgan fingerprint density at radius 1 is 0.565 bits per heavy atom. The Morgan fingerprint density at radius 2 is 0.913 bits per heavy atom. The maximum atomic E-state index is 4.00. The van der Waals surface area contributed by atoms with Gasteiger partial charge < -0.3 is 0 Å². The maximum absolute atomic E-state index is 4.00. The van der Waals surface area contributed by atoms with Crippen LogP contribution in [0.5, 0.6) is 0 Å². The van der Waals surface area contributed by atoms with Crippen LogP contribution in [0, 0.1) is 35.5 Å². The van der Waals surface area contributed by atoms with E-state index in [2.05, 4.69) is 31.7 Å². The third kappa shape index (κ3) is 4.52. The molecule has 0 saturated heterocycles. The summed E-state index contributed by atoms with van der Waals surface area (Å²) in [6.45, 7) is 6.17. The average Bonchev–Trinajstić information content (AvgIpc) is 2.63. The van der Waals surface area contributed by atoms with Gasteiger partial charge >= 0.3 is 0 Å². The van der Waals surface area contributed by atoms with Crippen molar-refractivity contribution < 1.29 is 0 Å². The van der Waals surface area contributed by atoms with E-state index in [1.807, 2.05) is 0 Å². The molecule has 0 heteroatoms. The quantitative estimate of drug-likeness (QED) is 0.482. The molecule has 23 heavy (non-hydrogen) atoms. The fraction of sp³-hybridized carbons (Fsp3) is 0.826. The minimum absolute atomic E-state index is 0.829. The second-order valence-corrected chi connectivity index (χ2v) is 8.79. The first-order valence-electron chi connectivity index (χ1n) is 10.6. The van der Waals surface area contributed by atoms with Crippen LogP contribution in [0.15, 0.2) is 24.8 Å². The van der Waals surface area contributed by atoms with E-state index in [0.29, 0.717) is 0 Å². The first-order chi connectivity index (χ1) is 11.3. The SMILES string of the molecule is C=CC1CCC(C2CCC(C3CCC(C=CC)CC3)CC2)CC1. The first-order valence-corrected chi connectivity index (χ1v) is 10.6. The molecule has 0 heterocycles. The molecule has 3 rings (SSSR count). The van der Waals surface area contributed by atoms with Gasteiger partial charge in [-0.25, -0.2) is 0 Å². The van der Waals surface area contributed by atoms with Crippen molar-refractivity contribution in [1.82, 2.24) is 0 Å². The third-order valence-electron chi connectivity index (χ3n) is 7.58. The van der Waals surface area contributed by atoms with Gasteiger partial charge in [-0.15, -0.1) is 6.58 Å². The van der Waals surface area contributed by atoms with Gasteiger partial charge in [0.2, 0.25) is 0 Å². The summed E-state index contributed by atoms with van der Waals surface area (Å²) in [7, 11) is 0. The van der Waals surface area contributed by atoms with E-state index in [0.717, 1.165) is 35.5 Å². The lowest BCUT2D eigenvalue weighted by Crippen LogP contribution is -2.29. The van der Waals surface area contributed by atoms with Crippen LogP contribution in [0.1, 0.15) is 84.0 Å². The van der Waals surface area contributed by atoms with Crippen LogP contribution in [0.25, 0.3) is 0 Å². The van der Waals surface area contributed by atoms with Crippen molar-refractivity contribution in [2.45, 2.75) is 84.0 Å². The van der Waals surface area contributed by atoms with Gasteiger partial charge in [0.1, 0.15) is 0 Å². The number of hydrogen-bond acceptors (Lipinski definition) is 0. The fourth-order valence-corrected chi connectivity index (χ4v) is 6.02. The molecular weight excluding hydrogens is 276 g/mol. The van der Waals surface area contributed by atoms with Gasteiger partial charge in [0.25, 0.3) is 0 Å². The predicted octanol–water partition coefficient (Wildman–Crippen LogP) is 7.17. The van der Waals surface area contributed by atoms with Crippen molar-refractivity contribution in [3.05, 3.63) is 24.8 Å². The van der Waals surface area contributed by atoms with E-state index >= 15 is 0 Å². The minimum atomic E-state index is 0.829. The zero-order valence-electron chi connectivity index (χ0n) is 15.4. The highest BCUT2D eigenvalue weighted by atomic mass is 14.4. The van der Waals surface area contributed by atoms with Crippen molar-refractivity contribution in [3.63, 3.8) is 0 Å². The molecule has 0 aliphatic heterocycles. The summed E-state index contributed by atoms with van der Waals surface area (Å²) in [6, 6.07) is 0. The molecule has 0 amide bonds. The van der Waals surface area contributed by atoms with Crippen molar-refractivity contribution in [2.75, 3.05) is 0 Å². The normalized spacial score (nSPS) is 42.7. The maximum Gasteiger partial charge on any atom is -0.0233 e. The van der Waals surface area contributed by atoms with E-state index in [4.69, 9.17) is 0 Å². The van der Waals surface area contributed by atoms with Gasteiger partial charge in [-0.05, 0) is 119 Å². The number of hydrogen-bond donors (Lipinski definition) is 0. The molecule has 0 radical (unpaired) electrons. The highest BCUT2D eigenvalue weighted by molar-refractivity contribution is 4.92. The molecule has 0 spiro atoms. The van der Waals surface area contributed by atoms with Gasteiger partial charge in [-0.3, -0.25) is 0 Å². The molecule has 0 unspecified atom stereocenters. The van der Waals surface area contributed by atoms with E-state index in [9.17, 15) is 0 Å². The highest BCUT2D eigenvalue weighted by Crippen LogP contribution is 2.46. The molecule has 0 bridgehead atoms. The summed E-state index contributed by atoms with van der Waals surface area (Å²) in [6.07, 6.45) is 24.8. The molecule has 3 fully saturated rings. The van der Waals surface area contributed by atoms with E-state index in [1.54, 1.807) is 25.7 Å². The lowest BCUT2D eigenvalue weighted by atomic mass is 9.65. The van der Waals surface area contributed by atoms with Crippen LogP contribution in [0.2, 0.25) is 0 Å². The second-order valence-electron chi connectivity index (χ2n) is 8.79. The Hall–Kier alpha value is -0.520. The van der Waals surface area contributed by atoms with E-state index in [-0.39, 0.29) is 0 Å². The molecule has 0 aromatic carbocycles. The van der Waals surface area contributed by atoms with Crippen molar-refractivity contribution >= 4 is 0 Å². The topological polar surface area (TPSA) is 0 Å². The minimum Gasteiger partial charge on any atom is -0.103 e. The standard InChI is InChI=1S/C23H38/c1-3-5-19-8-12-21(13-9-19)23-16-14-22(15-17-23)20-10-6-18(4-2)7-11-20/h3-5,18-23H,2,6-17H2,1H3. The van der Waals surface area contributed by atoms with Gasteiger partial charge in [-0.2, -0.15) is 0 Å². The highest BCUT2D eigenvalue weighted by Gasteiger charge is 2.34. The summed E-state index contributed by atoms with van der Waals surface area (Å²) in [5.41, 5.74) is 0. The van der Waals surface area contributed by atoms with Gasteiger partial charge in [0.05, 0.1) is 0 Å². The molecule has 0 aromatic rings. The lowest BCUT2D eigenvalue weighted by Gasteiger charge is -2.41. The van der Waals surface area contributed by atoms with Crippen LogP contribution in [0.4, 0.5) is 0 Å². The molecule has 3 aliphatic carbocycles. The van der Waals surface area contributed by atoms with Gasteiger partial charge in [0, 0.05) is 0 Å². The number of rotatable bonds is 4. The summed E-state index contributed by atoms with van der Waals surface area (Å²) in [5.74, 6) is 5.98. The summed E-state index contributed by atoms with van der Waals surface area (Å²) in [4.78, 5) is 0. The van der Waals surface area contributed by atoms with Gasteiger partial charge in [-0.1, -0.05) is 18.2 Å². The molecule has 0 atom stereocenters. The predicted molar refractivity (Wildman–Crippen MR) is 101 cm³/mol. The zero-order valence-corrected chi connectivity index (χ0v) is 15.4. The van der Waals surface area contributed by atoms with Crippen LogP contribution in [-0.2, 0) is 0 Å². The average molecular weight is 315 g/mol. The smallest absolute Gasteiger partial charge is 0.0233 e. The van der Waals surface area contributed by atoms with E-state index < -0.39 is 0 Å². The molecule has 130 valence electrons. The molecule has 0 nitrogen and oxygen atoms in total. The van der Waals surface area contributed by atoms with Gasteiger partial charge in [0.15, 0.2) is 0 Å². The van der Waals surface area contributed by atoms with Crippen molar-refractivity contribution in [2.24, 2.45) is 35.5 Å². The molecule has 3 saturated carbocycles. The Kier molecular flexibility index (Phi) is 6.43. The molecule has 0 N–H and O–H groups in total. The number of allylic oxidation sites excluding steroid dienone is 3. The van der Waals surface area contributed by atoms with E-state index in [1.165, 1.54) is 51.4 Å². The van der Waals surface area contributed by atoms with Crippen LogP contribution >= 0.6 is 0 Å². The summed E-state index contributed by atoms with van der Waals surface area (Å²) < 4.78 is 0. The first kappa shape index (κ1) is 17.3. The fourth-order valence-electron chi connectivity index (χ4n) is 6.02. The summed E-state index contributed by atoms with van der Waals surface area (Å²) in [5, 5.41) is 0. The Balaban J connectivity index is 1.40. The lowest BCUT2D eigenvalue weighted by molar-refractivity contribution is 0.112. The Morgan fingerprint density at radius 3 is 1.26 bits per heavy atom. The third-order valence-corrected chi connectivity index (χ3v) is 7.58. The monoisotopic (exact) mass is 314 g/mol.